The van der Waals surface area contributed by atoms with Crippen LogP contribution in [0.15, 0.2) is 84.2 Å². The van der Waals surface area contributed by atoms with Crippen LogP contribution < -0.4 is 15.0 Å². The van der Waals surface area contributed by atoms with Crippen LogP contribution in [0, 0.1) is 0 Å². The van der Waals surface area contributed by atoms with Gasteiger partial charge in [0, 0.05) is 42.2 Å². The number of amides is 2. The maximum Gasteiger partial charge on any atom is 0.258 e. The Labute approximate surface area is 250 Å². The van der Waals surface area contributed by atoms with Gasteiger partial charge in [-0.05, 0) is 66.1 Å². The first-order valence-electron chi connectivity index (χ1n) is 14.6. The van der Waals surface area contributed by atoms with Crippen molar-refractivity contribution >= 4 is 34.5 Å². The minimum Gasteiger partial charge on any atom is -0.490 e. The number of morpholine rings is 1. The van der Waals surface area contributed by atoms with E-state index in [1.165, 1.54) is 4.88 Å². The Hall–Kier alpha value is -3.98. The van der Waals surface area contributed by atoms with E-state index in [1.807, 2.05) is 65.6 Å². The predicted molar refractivity (Wildman–Crippen MR) is 168 cm³/mol. The van der Waals surface area contributed by atoms with Crippen LogP contribution in [0.2, 0.25) is 0 Å². The highest BCUT2D eigenvalue weighted by atomic mass is 32.1. The van der Waals surface area contributed by atoms with Gasteiger partial charge < -0.3 is 19.7 Å². The fourth-order valence-electron chi connectivity index (χ4n) is 5.53. The highest BCUT2D eigenvalue weighted by Crippen LogP contribution is 2.34. The largest absolute Gasteiger partial charge is 0.490 e. The molecular weight excluding hydrogens is 546 g/mol. The Bertz CT molecular complexity index is 1530. The zero-order valence-corrected chi connectivity index (χ0v) is 24.4. The summed E-state index contributed by atoms with van der Waals surface area (Å²) in [7, 11) is 0. The van der Waals surface area contributed by atoms with Crippen LogP contribution in [-0.4, -0.2) is 62.7 Å². The average molecular weight is 582 g/mol. The Morgan fingerprint density at radius 2 is 1.71 bits per heavy atom. The molecule has 3 aromatic carbocycles. The minimum absolute atomic E-state index is 0.0538. The summed E-state index contributed by atoms with van der Waals surface area (Å²) in [5.74, 6) is 0.198. The Morgan fingerprint density at radius 1 is 0.905 bits per heavy atom. The molecule has 4 aromatic rings. The Morgan fingerprint density at radius 3 is 2.57 bits per heavy atom. The minimum atomic E-state index is -0.234. The normalized spacial score (nSPS) is 15.5. The van der Waals surface area contributed by atoms with Gasteiger partial charge >= 0.3 is 0 Å². The van der Waals surface area contributed by atoms with Crippen molar-refractivity contribution in [3.8, 4) is 16.9 Å². The van der Waals surface area contributed by atoms with Crippen molar-refractivity contribution in [3.05, 3.63) is 100 Å². The molecule has 1 saturated heterocycles. The summed E-state index contributed by atoms with van der Waals surface area (Å²) in [6, 6.07) is 24.8. The number of carbonyl (C=O) groups is 2. The van der Waals surface area contributed by atoms with Crippen LogP contribution in [0.1, 0.15) is 38.4 Å². The van der Waals surface area contributed by atoms with E-state index in [4.69, 9.17) is 9.47 Å². The zero-order chi connectivity index (χ0) is 28.7. The Kier molecular flexibility index (Phi) is 8.94. The van der Waals surface area contributed by atoms with E-state index >= 15 is 0 Å². The highest BCUT2D eigenvalue weighted by Gasteiger charge is 2.25. The van der Waals surface area contributed by atoms with Crippen molar-refractivity contribution in [2.75, 3.05) is 56.2 Å². The molecule has 0 atom stereocenters. The molecule has 1 fully saturated rings. The number of benzene rings is 3. The fraction of sp³-hybridized carbons (Fsp3) is 0.294. The summed E-state index contributed by atoms with van der Waals surface area (Å²) in [6.45, 7) is 5.00. The van der Waals surface area contributed by atoms with Gasteiger partial charge in [0.1, 0.15) is 12.4 Å². The molecule has 2 aliphatic rings. The van der Waals surface area contributed by atoms with Crippen molar-refractivity contribution in [1.29, 1.82) is 0 Å². The summed E-state index contributed by atoms with van der Waals surface area (Å²) in [5.41, 5.74) is 4.47. The summed E-state index contributed by atoms with van der Waals surface area (Å²) >= 11 is 1.71. The van der Waals surface area contributed by atoms with Crippen molar-refractivity contribution in [2.45, 2.75) is 19.3 Å². The number of nitrogens with zero attached hydrogens (tertiary/aromatic N) is 2. The number of aryl methyl sites for hydroxylation is 1. The van der Waals surface area contributed by atoms with Crippen LogP contribution in [0.3, 0.4) is 0 Å². The van der Waals surface area contributed by atoms with E-state index in [0.717, 1.165) is 55.7 Å². The quantitative estimate of drug-likeness (QED) is 0.262. The van der Waals surface area contributed by atoms with Crippen molar-refractivity contribution < 1.29 is 19.1 Å². The van der Waals surface area contributed by atoms with Gasteiger partial charge in [0.25, 0.3) is 11.8 Å². The number of ether oxygens (including phenoxy) is 2. The standard InChI is InChI=1S/C34H35N3O4S/c38-33(28-11-5-4-10-27(28)25-8-2-1-3-9-25)35-29-14-13-26(24-31(29)41-22-19-36-17-20-40-21-18-36)34(39)37-16-7-6-12-32-30(37)15-23-42-32/h1-5,8-11,13-15,23-24H,6-7,12,16-22H2,(H,35,38). The zero-order valence-electron chi connectivity index (χ0n) is 23.6. The van der Waals surface area contributed by atoms with E-state index in [-0.39, 0.29) is 11.8 Å². The second-order valence-electron chi connectivity index (χ2n) is 10.5. The third kappa shape index (κ3) is 6.41. The number of fused-ring (bicyclic) bond motifs is 1. The van der Waals surface area contributed by atoms with Gasteiger partial charge in [0.15, 0.2) is 0 Å². The lowest BCUT2D eigenvalue weighted by molar-refractivity contribution is 0.0323. The van der Waals surface area contributed by atoms with Crippen LogP contribution >= 0.6 is 11.3 Å². The first kappa shape index (κ1) is 28.2. The molecule has 7 nitrogen and oxygen atoms in total. The Balaban J connectivity index is 1.27. The molecule has 1 aromatic heterocycles. The summed E-state index contributed by atoms with van der Waals surface area (Å²) in [4.78, 5) is 32.9. The van der Waals surface area contributed by atoms with Crippen LogP contribution in [0.25, 0.3) is 11.1 Å². The van der Waals surface area contributed by atoms with Gasteiger partial charge in [-0.3, -0.25) is 14.5 Å². The number of anilines is 2. The molecule has 0 spiro atoms. The highest BCUT2D eigenvalue weighted by molar-refractivity contribution is 7.10. The maximum absolute atomic E-state index is 13.8. The second kappa shape index (κ2) is 13.3. The summed E-state index contributed by atoms with van der Waals surface area (Å²) < 4.78 is 11.8. The van der Waals surface area contributed by atoms with Gasteiger partial charge in [-0.2, -0.15) is 0 Å². The molecule has 0 aliphatic carbocycles. The molecule has 8 heteroatoms. The van der Waals surface area contributed by atoms with Gasteiger partial charge in [0.05, 0.1) is 24.6 Å². The molecule has 0 unspecified atom stereocenters. The number of nitrogens with one attached hydrogen (secondary N) is 1. The van der Waals surface area contributed by atoms with Gasteiger partial charge in [-0.15, -0.1) is 11.3 Å². The van der Waals surface area contributed by atoms with E-state index in [1.54, 1.807) is 29.5 Å². The first-order chi connectivity index (χ1) is 20.7. The second-order valence-corrected chi connectivity index (χ2v) is 11.5. The number of carbonyl (C=O) groups excluding carboxylic acids is 2. The topological polar surface area (TPSA) is 71.1 Å². The third-order valence-electron chi connectivity index (χ3n) is 7.80. The van der Waals surface area contributed by atoms with Gasteiger partial charge in [0.2, 0.25) is 0 Å². The van der Waals surface area contributed by atoms with Crippen molar-refractivity contribution in [1.82, 2.24) is 4.90 Å². The molecule has 0 saturated carbocycles. The van der Waals surface area contributed by atoms with Crippen LogP contribution in [0.5, 0.6) is 5.75 Å². The third-order valence-corrected chi connectivity index (χ3v) is 8.77. The average Bonchev–Trinajstić information content (AvgIpc) is 3.41. The number of hydrogen-bond donors (Lipinski definition) is 1. The summed E-state index contributed by atoms with van der Waals surface area (Å²) in [5, 5.41) is 5.13. The monoisotopic (exact) mass is 581 g/mol. The smallest absolute Gasteiger partial charge is 0.258 e. The molecule has 6 rings (SSSR count). The predicted octanol–water partition coefficient (Wildman–Crippen LogP) is 6.36. The number of rotatable bonds is 8. The molecule has 2 amide bonds. The molecule has 0 radical (unpaired) electrons. The lowest BCUT2D eigenvalue weighted by Gasteiger charge is -2.26. The van der Waals surface area contributed by atoms with Crippen LogP contribution in [-0.2, 0) is 11.2 Å². The van der Waals surface area contributed by atoms with E-state index < -0.39 is 0 Å². The molecule has 3 heterocycles. The summed E-state index contributed by atoms with van der Waals surface area (Å²) in [6.07, 6.45) is 3.04. The van der Waals surface area contributed by atoms with Crippen LogP contribution in [0.4, 0.5) is 11.4 Å². The van der Waals surface area contributed by atoms with E-state index in [9.17, 15) is 9.59 Å². The van der Waals surface area contributed by atoms with E-state index in [0.29, 0.717) is 48.9 Å². The maximum atomic E-state index is 13.8. The molecule has 2 aliphatic heterocycles. The lowest BCUT2D eigenvalue weighted by atomic mass is 9.99. The fourth-order valence-corrected chi connectivity index (χ4v) is 6.45. The number of thiophene rings is 1. The molecule has 42 heavy (non-hydrogen) atoms. The first-order valence-corrected chi connectivity index (χ1v) is 15.5. The molecular formula is C34H35N3O4S. The van der Waals surface area contributed by atoms with Gasteiger partial charge in [-0.25, -0.2) is 0 Å². The van der Waals surface area contributed by atoms with Crippen molar-refractivity contribution in [3.63, 3.8) is 0 Å². The molecule has 1 N–H and O–H groups in total. The van der Waals surface area contributed by atoms with Crippen molar-refractivity contribution in [2.24, 2.45) is 0 Å². The van der Waals surface area contributed by atoms with Gasteiger partial charge in [-0.1, -0.05) is 48.5 Å². The SMILES string of the molecule is O=C(Nc1ccc(C(=O)N2CCCCc3sccc32)cc1OCCN1CCOCC1)c1ccccc1-c1ccccc1. The van der Waals surface area contributed by atoms with E-state index in [2.05, 4.69) is 15.6 Å². The number of hydrogen-bond acceptors (Lipinski definition) is 6. The lowest BCUT2D eigenvalue weighted by Crippen LogP contribution is -2.38. The molecule has 216 valence electrons. The molecule has 0 bridgehead atoms.